The van der Waals surface area contributed by atoms with Crippen molar-refractivity contribution in [2.45, 2.75) is 26.3 Å². The number of esters is 1. The highest BCUT2D eigenvalue weighted by Gasteiger charge is 2.21. The summed E-state index contributed by atoms with van der Waals surface area (Å²) < 4.78 is 5.72. The van der Waals surface area contributed by atoms with E-state index in [0.717, 1.165) is 10.2 Å². The molecular formula is C14H19BrN2O2S. The molecule has 1 aromatic rings. The molecule has 0 fully saturated rings. The molecular weight excluding hydrogens is 340 g/mol. The average Bonchev–Trinajstić information content (AvgIpc) is 2.36. The van der Waals surface area contributed by atoms with Gasteiger partial charge in [0.1, 0.15) is 11.0 Å². The third kappa shape index (κ3) is 4.76. The summed E-state index contributed by atoms with van der Waals surface area (Å²) in [5, 5.41) is 3.18. The second-order valence-corrected chi connectivity index (χ2v) is 6.26. The summed E-state index contributed by atoms with van der Waals surface area (Å²) >= 11 is 8.43. The van der Waals surface area contributed by atoms with E-state index in [-0.39, 0.29) is 11.0 Å². The highest BCUT2D eigenvalue weighted by atomic mass is 79.9. The third-order valence-electron chi connectivity index (χ3n) is 2.77. The molecule has 0 saturated heterocycles. The predicted octanol–water partition coefficient (Wildman–Crippen LogP) is 3.08. The quantitative estimate of drug-likeness (QED) is 0.604. The molecule has 0 spiro atoms. The zero-order valence-corrected chi connectivity index (χ0v) is 14.2. The molecule has 0 radical (unpaired) electrons. The summed E-state index contributed by atoms with van der Waals surface area (Å²) in [6.45, 7) is 4.10. The summed E-state index contributed by atoms with van der Waals surface area (Å²) in [4.78, 5) is 12.1. The van der Waals surface area contributed by atoms with Crippen LogP contribution in [0.3, 0.4) is 0 Å². The molecule has 20 heavy (non-hydrogen) atoms. The zero-order valence-electron chi connectivity index (χ0n) is 11.8. The van der Waals surface area contributed by atoms with Gasteiger partial charge in [0.05, 0.1) is 7.11 Å². The lowest BCUT2D eigenvalue weighted by molar-refractivity contribution is -0.141. The number of halogens is 1. The monoisotopic (exact) mass is 358 g/mol. The number of hydrogen-bond acceptors (Lipinski definition) is 4. The van der Waals surface area contributed by atoms with E-state index in [2.05, 4.69) is 21.2 Å². The van der Waals surface area contributed by atoms with Crippen molar-refractivity contribution in [2.24, 2.45) is 11.7 Å². The second kappa shape index (κ2) is 7.59. The Kier molecular flexibility index (Phi) is 6.42. The minimum absolute atomic E-state index is 0.285. The van der Waals surface area contributed by atoms with Gasteiger partial charge in [0.15, 0.2) is 0 Å². The highest BCUT2D eigenvalue weighted by Crippen LogP contribution is 2.23. The molecule has 3 N–H and O–H groups in total. The van der Waals surface area contributed by atoms with E-state index in [9.17, 15) is 4.79 Å². The number of methoxy groups -OCH3 is 1. The number of rotatable bonds is 6. The molecule has 0 saturated carbocycles. The highest BCUT2D eigenvalue weighted by molar-refractivity contribution is 9.10. The number of carbonyl (C=O) groups is 1. The maximum absolute atomic E-state index is 11.9. The molecule has 1 unspecified atom stereocenters. The minimum atomic E-state index is -0.428. The summed E-state index contributed by atoms with van der Waals surface area (Å²) in [6.07, 6.45) is 0.663. The number of hydrogen-bond donors (Lipinski definition) is 2. The molecule has 1 atom stereocenters. The van der Waals surface area contributed by atoms with Gasteiger partial charge in [-0.3, -0.25) is 0 Å². The molecule has 6 heteroatoms. The lowest BCUT2D eigenvalue weighted by Gasteiger charge is -2.21. The molecule has 0 aliphatic rings. The summed E-state index contributed by atoms with van der Waals surface area (Å²) in [6, 6.07) is 5.10. The molecule has 0 aromatic heterocycles. The van der Waals surface area contributed by atoms with E-state index >= 15 is 0 Å². The SMILES string of the molecule is COC(=O)C(CC(C)C)Nc1cc(Br)ccc1C(N)=S. The first-order valence-corrected chi connectivity index (χ1v) is 7.49. The van der Waals surface area contributed by atoms with Gasteiger partial charge in [-0.1, -0.05) is 42.0 Å². The zero-order chi connectivity index (χ0) is 15.3. The number of ether oxygens (including phenoxy) is 1. The van der Waals surface area contributed by atoms with Crippen LogP contribution < -0.4 is 11.1 Å². The summed E-state index contributed by atoms with van der Waals surface area (Å²) in [5.74, 6) is 0.0552. The Labute approximate surface area is 133 Å². The Morgan fingerprint density at radius 3 is 2.65 bits per heavy atom. The lowest BCUT2D eigenvalue weighted by Crippen LogP contribution is -2.33. The largest absolute Gasteiger partial charge is 0.467 e. The summed E-state index contributed by atoms with van der Waals surface area (Å²) in [7, 11) is 1.38. The van der Waals surface area contributed by atoms with E-state index in [4.69, 9.17) is 22.7 Å². The average molecular weight is 359 g/mol. The fraction of sp³-hybridized carbons (Fsp3) is 0.429. The molecule has 0 bridgehead atoms. The Bertz CT molecular complexity index is 506. The number of nitrogens with one attached hydrogen (secondary N) is 1. The van der Waals surface area contributed by atoms with Crippen molar-refractivity contribution in [3.63, 3.8) is 0 Å². The number of anilines is 1. The first-order chi connectivity index (χ1) is 9.35. The van der Waals surface area contributed by atoms with Gasteiger partial charge in [0, 0.05) is 15.7 Å². The number of benzene rings is 1. The first-order valence-electron chi connectivity index (χ1n) is 6.28. The third-order valence-corrected chi connectivity index (χ3v) is 3.48. The molecule has 0 amide bonds. The van der Waals surface area contributed by atoms with Crippen LogP contribution in [0.25, 0.3) is 0 Å². The van der Waals surface area contributed by atoms with E-state index in [1.54, 1.807) is 0 Å². The topological polar surface area (TPSA) is 64.3 Å². The van der Waals surface area contributed by atoms with Crippen LogP contribution in [0.1, 0.15) is 25.8 Å². The summed E-state index contributed by atoms with van der Waals surface area (Å²) in [5.41, 5.74) is 7.14. The molecule has 1 aromatic carbocycles. The van der Waals surface area contributed by atoms with E-state index in [1.165, 1.54) is 7.11 Å². The molecule has 0 aliphatic carbocycles. The molecule has 4 nitrogen and oxygen atoms in total. The van der Waals surface area contributed by atoms with Crippen LogP contribution in [-0.2, 0) is 9.53 Å². The van der Waals surface area contributed by atoms with Gasteiger partial charge < -0.3 is 15.8 Å². The van der Waals surface area contributed by atoms with Crippen LogP contribution >= 0.6 is 28.1 Å². The van der Waals surface area contributed by atoms with Crippen molar-refractivity contribution in [1.82, 2.24) is 0 Å². The van der Waals surface area contributed by atoms with Crippen molar-refractivity contribution < 1.29 is 9.53 Å². The minimum Gasteiger partial charge on any atom is -0.467 e. The van der Waals surface area contributed by atoms with E-state index in [0.29, 0.717) is 17.9 Å². The predicted molar refractivity (Wildman–Crippen MR) is 88.9 cm³/mol. The van der Waals surface area contributed by atoms with Crippen LogP contribution in [0, 0.1) is 5.92 Å². The van der Waals surface area contributed by atoms with Crippen molar-refractivity contribution in [1.29, 1.82) is 0 Å². The van der Waals surface area contributed by atoms with Crippen molar-refractivity contribution in [3.05, 3.63) is 28.2 Å². The molecule has 0 aliphatic heterocycles. The van der Waals surface area contributed by atoms with Crippen molar-refractivity contribution in [3.8, 4) is 0 Å². The van der Waals surface area contributed by atoms with E-state index < -0.39 is 6.04 Å². The molecule has 1 rings (SSSR count). The van der Waals surface area contributed by atoms with Crippen LogP contribution in [0.5, 0.6) is 0 Å². The number of thiocarbonyl (C=S) groups is 1. The van der Waals surface area contributed by atoms with Gasteiger partial charge in [-0.25, -0.2) is 4.79 Å². The van der Waals surface area contributed by atoms with Gasteiger partial charge >= 0.3 is 5.97 Å². The van der Waals surface area contributed by atoms with Crippen molar-refractivity contribution in [2.75, 3.05) is 12.4 Å². The number of carbonyl (C=O) groups excluding carboxylic acids is 1. The van der Waals surface area contributed by atoms with E-state index in [1.807, 2.05) is 32.0 Å². The Balaban J connectivity index is 3.06. The first kappa shape index (κ1) is 16.9. The second-order valence-electron chi connectivity index (χ2n) is 4.90. The Hall–Kier alpha value is -1.14. The van der Waals surface area contributed by atoms with Gasteiger partial charge in [-0.2, -0.15) is 0 Å². The molecule has 110 valence electrons. The van der Waals surface area contributed by atoms with Gasteiger partial charge in [-0.15, -0.1) is 0 Å². The van der Waals surface area contributed by atoms with Crippen LogP contribution in [0.4, 0.5) is 5.69 Å². The van der Waals surface area contributed by atoms with Gasteiger partial charge in [0.2, 0.25) is 0 Å². The maximum Gasteiger partial charge on any atom is 0.328 e. The molecule has 0 heterocycles. The Morgan fingerprint density at radius 2 is 2.15 bits per heavy atom. The van der Waals surface area contributed by atoms with Crippen LogP contribution in [0.2, 0.25) is 0 Å². The van der Waals surface area contributed by atoms with Crippen LogP contribution in [0.15, 0.2) is 22.7 Å². The standard InChI is InChI=1S/C14H19BrN2O2S/c1-8(2)6-12(14(18)19-3)17-11-7-9(15)4-5-10(11)13(16)20/h4-5,7-8,12,17H,6H2,1-3H3,(H2,16,20). The van der Waals surface area contributed by atoms with Crippen molar-refractivity contribution >= 4 is 44.8 Å². The lowest BCUT2D eigenvalue weighted by atomic mass is 10.0. The normalized spacial score (nSPS) is 12.1. The van der Waals surface area contributed by atoms with Crippen LogP contribution in [-0.4, -0.2) is 24.1 Å². The van der Waals surface area contributed by atoms with Gasteiger partial charge in [0.25, 0.3) is 0 Å². The van der Waals surface area contributed by atoms with Gasteiger partial charge in [-0.05, 0) is 30.5 Å². The fourth-order valence-corrected chi connectivity index (χ4v) is 2.41. The maximum atomic E-state index is 11.9. The Morgan fingerprint density at radius 1 is 1.50 bits per heavy atom. The smallest absolute Gasteiger partial charge is 0.328 e. The number of nitrogens with two attached hydrogens (primary N) is 1. The fourth-order valence-electron chi connectivity index (χ4n) is 1.87.